The highest BCUT2D eigenvalue weighted by molar-refractivity contribution is 6.36. The quantitative estimate of drug-likeness (QED) is 0.295. The van der Waals surface area contributed by atoms with Gasteiger partial charge in [-0.3, -0.25) is 4.79 Å². The van der Waals surface area contributed by atoms with Crippen molar-refractivity contribution >= 4 is 34.8 Å². The predicted octanol–water partition coefficient (Wildman–Crippen LogP) is 7.64. The second-order valence-electron chi connectivity index (χ2n) is 6.45. The van der Waals surface area contributed by atoms with Gasteiger partial charge in [-0.25, -0.2) is 8.78 Å². The van der Waals surface area contributed by atoms with Crippen LogP contribution in [0.15, 0.2) is 18.2 Å². The second kappa shape index (κ2) is 8.92. The summed E-state index contributed by atoms with van der Waals surface area (Å²) in [5.41, 5.74) is -1.11. The Morgan fingerprint density at radius 1 is 0.686 bits per heavy atom. The lowest BCUT2D eigenvalue weighted by molar-refractivity contribution is -0.443. The largest absolute Gasteiger partial charge is 0.393 e. The molecule has 20 heteroatoms. The summed E-state index contributed by atoms with van der Waals surface area (Å²) in [6.07, 6.45) is -5.94. The monoisotopic (exact) mass is 589 g/mol. The summed E-state index contributed by atoms with van der Waals surface area (Å²) in [7, 11) is 0. The fourth-order valence-corrected chi connectivity index (χ4v) is 2.53. The maximum absolute atomic E-state index is 13.8. The Hall–Kier alpha value is -1.85. The van der Waals surface area contributed by atoms with Crippen molar-refractivity contribution in [2.24, 2.45) is 0 Å². The molecule has 0 fully saturated rings. The van der Waals surface area contributed by atoms with Crippen molar-refractivity contribution in [1.82, 2.24) is 0 Å². The van der Waals surface area contributed by atoms with E-state index in [0.717, 1.165) is 11.4 Å². The third-order valence-electron chi connectivity index (χ3n) is 4.13. The van der Waals surface area contributed by atoms with E-state index >= 15 is 0 Å². The number of alkyl halides is 16. The van der Waals surface area contributed by atoms with Crippen LogP contribution in [0.5, 0.6) is 0 Å². The van der Waals surface area contributed by atoms with Crippen molar-refractivity contribution in [3.05, 3.63) is 28.2 Å². The molecule has 0 aliphatic carbocycles. The minimum atomic E-state index is -8.59. The normalized spacial score (nSPS) is 14.9. The minimum Gasteiger partial charge on any atom is -0.319 e. The van der Waals surface area contributed by atoms with Gasteiger partial charge in [0, 0.05) is 5.02 Å². The van der Waals surface area contributed by atoms with Crippen LogP contribution in [0.4, 0.5) is 75.9 Å². The van der Waals surface area contributed by atoms with E-state index in [9.17, 15) is 75.0 Å². The number of carbonyl (C=O) groups is 1. The Kier molecular flexibility index (Phi) is 7.94. The standard InChI is InChI=1S/C15H5Cl2F16NO/c16-4-1-2-6(5(17)3-4)34-8(35)10(22,23)12(26,27)14(30,31)15(32,33)13(28,29)11(24,25)9(20,21)7(18)19/h1-3,7H,(H,34,35). The summed E-state index contributed by atoms with van der Waals surface area (Å²) in [6, 6.07) is 1.85. The van der Waals surface area contributed by atoms with Gasteiger partial charge in [0.15, 0.2) is 0 Å². The topological polar surface area (TPSA) is 29.1 Å². The number of nitrogens with one attached hydrogen (secondary N) is 1. The molecule has 0 aliphatic heterocycles. The first-order valence-corrected chi connectivity index (χ1v) is 8.70. The molecule has 0 aliphatic rings. The molecule has 0 aromatic heterocycles. The summed E-state index contributed by atoms with van der Waals surface area (Å²) >= 11 is 10.7. The average molecular weight is 590 g/mol. The van der Waals surface area contributed by atoms with Gasteiger partial charge in [-0.15, -0.1) is 0 Å². The highest BCUT2D eigenvalue weighted by Gasteiger charge is 2.94. The molecule has 0 saturated carbocycles. The SMILES string of the molecule is O=C(Nc1ccc(Cl)cc1Cl)C(F)(F)C(F)(F)C(F)(F)C(F)(F)C(F)(F)C(F)(F)C(F)(F)C(F)F. The van der Waals surface area contributed by atoms with E-state index in [-0.39, 0.29) is 5.02 Å². The molecule has 0 saturated heterocycles. The van der Waals surface area contributed by atoms with E-state index in [1.54, 1.807) is 0 Å². The number of halogens is 18. The zero-order valence-electron chi connectivity index (χ0n) is 15.5. The van der Waals surface area contributed by atoms with E-state index < -0.39 is 64.5 Å². The molecule has 1 rings (SSSR count). The summed E-state index contributed by atoms with van der Waals surface area (Å²) in [5, 5.41) is -0.400. The lowest BCUT2D eigenvalue weighted by atomic mass is 9.89. The Bertz CT molecular complexity index is 964. The number of benzene rings is 1. The summed E-state index contributed by atoms with van der Waals surface area (Å²) in [6.45, 7) is 0. The molecule has 0 unspecified atom stereocenters. The van der Waals surface area contributed by atoms with Crippen LogP contribution in [0.25, 0.3) is 0 Å². The molecule has 0 spiro atoms. The van der Waals surface area contributed by atoms with Gasteiger partial charge in [-0.1, -0.05) is 23.2 Å². The summed E-state index contributed by atoms with van der Waals surface area (Å²) in [5.74, 6) is -60.1. The first kappa shape index (κ1) is 31.2. The van der Waals surface area contributed by atoms with Crippen LogP contribution >= 0.6 is 23.2 Å². The van der Waals surface area contributed by atoms with Crippen molar-refractivity contribution in [3.63, 3.8) is 0 Å². The van der Waals surface area contributed by atoms with E-state index in [0.29, 0.717) is 12.1 Å². The molecule has 1 aromatic carbocycles. The van der Waals surface area contributed by atoms with Gasteiger partial charge < -0.3 is 5.32 Å². The molecule has 1 N–H and O–H groups in total. The maximum Gasteiger partial charge on any atom is 0.393 e. The molecule has 1 aromatic rings. The molecular formula is C15H5Cl2F16NO. The van der Waals surface area contributed by atoms with Crippen LogP contribution < -0.4 is 5.32 Å². The number of hydrogen-bond acceptors (Lipinski definition) is 1. The van der Waals surface area contributed by atoms with Gasteiger partial charge in [0.05, 0.1) is 10.7 Å². The maximum atomic E-state index is 13.8. The van der Waals surface area contributed by atoms with Crippen molar-refractivity contribution in [2.45, 2.75) is 47.9 Å². The molecule has 1 amide bonds. The molecule has 35 heavy (non-hydrogen) atoms. The van der Waals surface area contributed by atoms with Gasteiger partial charge in [-0.2, -0.15) is 61.5 Å². The number of anilines is 1. The lowest BCUT2D eigenvalue weighted by Crippen LogP contribution is -2.74. The van der Waals surface area contributed by atoms with Gasteiger partial charge in [0.2, 0.25) is 0 Å². The Morgan fingerprint density at radius 2 is 1.09 bits per heavy atom. The number of carbonyl (C=O) groups excluding carboxylic acids is 1. The summed E-state index contributed by atoms with van der Waals surface area (Å²) < 4.78 is 212. The zero-order chi connectivity index (χ0) is 28.2. The summed E-state index contributed by atoms with van der Waals surface area (Å²) in [4.78, 5) is 11.4. The van der Waals surface area contributed by atoms with E-state index in [2.05, 4.69) is 0 Å². The van der Waals surface area contributed by atoms with Gasteiger partial charge in [0.1, 0.15) is 0 Å². The van der Waals surface area contributed by atoms with Crippen LogP contribution in [0.3, 0.4) is 0 Å². The third-order valence-corrected chi connectivity index (χ3v) is 4.68. The van der Waals surface area contributed by atoms with Gasteiger partial charge in [-0.05, 0) is 18.2 Å². The van der Waals surface area contributed by atoms with Crippen LogP contribution in [0.1, 0.15) is 0 Å². The zero-order valence-corrected chi connectivity index (χ0v) is 17.0. The predicted molar refractivity (Wildman–Crippen MR) is 85.7 cm³/mol. The van der Waals surface area contributed by atoms with Crippen LogP contribution in [0, 0.1) is 0 Å². The van der Waals surface area contributed by atoms with Gasteiger partial charge >= 0.3 is 53.8 Å². The second-order valence-corrected chi connectivity index (χ2v) is 7.29. The first-order chi connectivity index (χ1) is 15.2. The molecule has 202 valence electrons. The first-order valence-electron chi connectivity index (χ1n) is 7.94. The number of hydrogen-bond donors (Lipinski definition) is 1. The molecular weight excluding hydrogens is 585 g/mol. The highest BCUT2D eigenvalue weighted by atomic mass is 35.5. The molecule has 0 atom stereocenters. The third kappa shape index (κ3) is 4.44. The van der Waals surface area contributed by atoms with Crippen molar-refractivity contribution in [3.8, 4) is 0 Å². The Labute approximate surface area is 192 Å². The molecule has 0 radical (unpaired) electrons. The van der Waals surface area contributed by atoms with Crippen LogP contribution in [-0.2, 0) is 4.79 Å². The lowest BCUT2D eigenvalue weighted by Gasteiger charge is -2.42. The number of amides is 1. The van der Waals surface area contributed by atoms with Gasteiger partial charge in [0.25, 0.3) is 0 Å². The van der Waals surface area contributed by atoms with Crippen molar-refractivity contribution in [1.29, 1.82) is 0 Å². The fraction of sp³-hybridized carbons (Fsp3) is 0.533. The van der Waals surface area contributed by atoms with E-state index in [4.69, 9.17) is 23.2 Å². The minimum absolute atomic E-state index is 0.278. The van der Waals surface area contributed by atoms with Crippen LogP contribution in [-0.4, -0.2) is 53.8 Å². The highest BCUT2D eigenvalue weighted by Crippen LogP contribution is 2.62. The molecule has 0 heterocycles. The Balaban J connectivity index is 3.56. The smallest absolute Gasteiger partial charge is 0.319 e. The van der Waals surface area contributed by atoms with Crippen LogP contribution in [0.2, 0.25) is 10.0 Å². The van der Waals surface area contributed by atoms with E-state index in [1.807, 2.05) is 0 Å². The Morgan fingerprint density at radius 3 is 1.49 bits per heavy atom. The molecule has 0 bridgehead atoms. The average Bonchev–Trinajstić information content (AvgIpc) is 2.68. The van der Waals surface area contributed by atoms with E-state index in [1.165, 1.54) is 0 Å². The van der Waals surface area contributed by atoms with Crippen molar-refractivity contribution in [2.75, 3.05) is 5.32 Å². The number of rotatable bonds is 9. The molecule has 2 nitrogen and oxygen atoms in total. The fourth-order valence-electron chi connectivity index (χ4n) is 2.07. The van der Waals surface area contributed by atoms with Crippen molar-refractivity contribution < 1.29 is 75.0 Å².